The number of benzene rings is 2. The third-order valence-corrected chi connectivity index (χ3v) is 7.74. The molecule has 156 valence electrons. The van der Waals surface area contributed by atoms with E-state index in [1.807, 2.05) is 6.08 Å². The summed E-state index contributed by atoms with van der Waals surface area (Å²) in [5, 5.41) is 0. The molecule has 0 spiro atoms. The summed E-state index contributed by atoms with van der Waals surface area (Å²) in [6.07, 6.45) is 8.88. The monoisotopic (exact) mass is 423 g/mol. The Hall–Kier alpha value is -2.44. The Morgan fingerprint density at radius 2 is 1.60 bits per heavy atom. The summed E-state index contributed by atoms with van der Waals surface area (Å²) in [6, 6.07) is 11.3. The predicted molar refractivity (Wildman–Crippen MR) is 116 cm³/mol. The molecule has 1 heterocycles. The number of aryl methyl sites for hydroxylation is 2. The molecule has 0 amide bonds. The highest BCUT2D eigenvalue weighted by Crippen LogP contribution is 2.33. The molecular weight excluding hydrogens is 398 g/mol. The van der Waals surface area contributed by atoms with Gasteiger partial charge in [-0.1, -0.05) is 24.3 Å². The van der Waals surface area contributed by atoms with Crippen molar-refractivity contribution in [2.45, 2.75) is 44.9 Å². The average molecular weight is 424 g/mol. The van der Waals surface area contributed by atoms with Crippen molar-refractivity contribution in [2.24, 2.45) is 0 Å². The molecule has 5 rings (SSSR count). The van der Waals surface area contributed by atoms with Crippen molar-refractivity contribution in [2.75, 3.05) is 13.1 Å². The van der Waals surface area contributed by atoms with E-state index in [-0.39, 0.29) is 11.5 Å². The van der Waals surface area contributed by atoms with E-state index >= 15 is 0 Å². The Morgan fingerprint density at radius 1 is 0.833 bits per heavy atom. The molecule has 0 unspecified atom stereocenters. The second kappa shape index (κ2) is 7.67. The Morgan fingerprint density at radius 3 is 2.40 bits per heavy atom. The molecule has 1 fully saturated rings. The molecule has 5 nitrogen and oxygen atoms in total. The first-order valence-electron chi connectivity index (χ1n) is 10.7. The van der Waals surface area contributed by atoms with Crippen LogP contribution in [0.4, 0.5) is 0 Å². The topological polar surface area (TPSA) is 63.7 Å². The molecule has 1 saturated heterocycles. The number of carbonyl (C=O) groups is 1. The molecule has 0 N–H and O–H groups in total. The fraction of sp³-hybridized carbons (Fsp3) is 0.375. The van der Waals surface area contributed by atoms with Crippen LogP contribution in [-0.4, -0.2) is 31.6 Å². The second-order valence-electron chi connectivity index (χ2n) is 8.31. The van der Waals surface area contributed by atoms with E-state index in [0.29, 0.717) is 25.1 Å². The van der Waals surface area contributed by atoms with E-state index in [1.54, 1.807) is 18.2 Å². The highest BCUT2D eigenvalue weighted by Gasteiger charge is 2.28. The molecular formula is C24H25NO4S. The number of hydrogen-bond acceptors (Lipinski definition) is 4. The van der Waals surface area contributed by atoms with Gasteiger partial charge in [0.25, 0.3) is 0 Å². The van der Waals surface area contributed by atoms with Gasteiger partial charge in [0.05, 0.1) is 0 Å². The first-order valence-corrected chi connectivity index (χ1v) is 12.1. The molecule has 0 saturated carbocycles. The van der Waals surface area contributed by atoms with Crippen LogP contribution in [0.25, 0.3) is 5.57 Å². The first-order chi connectivity index (χ1) is 14.5. The van der Waals surface area contributed by atoms with Gasteiger partial charge in [-0.15, -0.1) is 0 Å². The van der Waals surface area contributed by atoms with Gasteiger partial charge >= 0.3 is 10.3 Å². The largest absolute Gasteiger partial charge is 0.385 e. The smallest absolute Gasteiger partial charge is 0.371 e. The first kappa shape index (κ1) is 19.5. The molecule has 2 aliphatic carbocycles. The number of nitrogens with zero attached hydrogens (tertiary/aromatic N) is 1. The highest BCUT2D eigenvalue weighted by atomic mass is 32.2. The maximum atomic E-state index is 13.2. The van der Waals surface area contributed by atoms with Gasteiger partial charge in [0, 0.05) is 24.2 Å². The van der Waals surface area contributed by atoms with E-state index in [9.17, 15) is 13.2 Å². The van der Waals surface area contributed by atoms with Crippen molar-refractivity contribution >= 4 is 21.7 Å². The molecule has 1 aliphatic heterocycles. The summed E-state index contributed by atoms with van der Waals surface area (Å²) in [4.78, 5) is 13.2. The van der Waals surface area contributed by atoms with Gasteiger partial charge in [-0.25, -0.2) is 0 Å². The van der Waals surface area contributed by atoms with Crippen LogP contribution in [0, 0.1) is 0 Å². The van der Waals surface area contributed by atoms with Gasteiger partial charge in [0.2, 0.25) is 0 Å². The van der Waals surface area contributed by atoms with Crippen LogP contribution in [0.1, 0.15) is 58.3 Å². The standard InChI is InChI=1S/C24H25NO4S/c26-24-22(19-8-7-17-5-1-2-6-18(17)15-19)11-9-20-16-21(10-12-23(20)24)29-30(27,28)25-13-3-4-14-25/h7-8,10-12,15-16H,1-6,9,13-14H2. The Balaban J connectivity index is 1.39. The summed E-state index contributed by atoms with van der Waals surface area (Å²) in [6.45, 7) is 0.997. The minimum atomic E-state index is -3.78. The summed E-state index contributed by atoms with van der Waals surface area (Å²) in [5.41, 5.74) is 5.88. The van der Waals surface area contributed by atoms with E-state index in [4.69, 9.17) is 4.18 Å². The van der Waals surface area contributed by atoms with Crippen molar-refractivity contribution in [3.63, 3.8) is 0 Å². The van der Waals surface area contributed by atoms with Crippen LogP contribution >= 0.6 is 0 Å². The average Bonchev–Trinajstić information content (AvgIpc) is 3.29. The van der Waals surface area contributed by atoms with Crippen molar-refractivity contribution in [3.8, 4) is 5.75 Å². The van der Waals surface area contributed by atoms with Crippen molar-refractivity contribution in [1.29, 1.82) is 0 Å². The highest BCUT2D eigenvalue weighted by molar-refractivity contribution is 7.84. The summed E-state index contributed by atoms with van der Waals surface area (Å²) >= 11 is 0. The van der Waals surface area contributed by atoms with Crippen LogP contribution in [0.5, 0.6) is 5.75 Å². The number of ketones is 1. The number of carbonyl (C=O) groups excluding carboxylic acids is 1. The Kier molecular flexibility index (Phi) is 4.99. The maximum Gasteiger partial charge on any atom is 0.385 e. The minimum absolute atomic E-state index is 0.0130. The molecule has 6 heteroatoms. The van der Waals surface area contributed by atoms with Gasteiger partial charge in [0.1, 0.15) is 5.75 Å². The van der Waals surface area contributed by atoms with Crippen LogP contribution in [0.15, 0.2) is 42.5 Å². The zero-order valence-corrected chi connectivity index (χ0v) is 17.7. The quantitative estimate of drug-likeness (QED) is 0.743. The Labute approximate surface area is 177 Å². The lowest BCUT2D eigenvalue weighted by Gasteiger charge is -2.21. The number of fused-ring (bicyclic) bond motifs is 2. The Bertz CT molecular complexity index is 1140. The number of Topliss-reactive ketones (excluding diaryl/α,β-unsaturated/α-hetero) is 1. The molecule has 2 aromatic carbocycles. The molecule has 2 aromatic rings. The van der Waals surface area contributed by atoms with E-state index in [1.165, 1.54) is 28.3 Å². The lowest BCUT2D eigenvalue weighted by molar-refractivity contribution is 0.105. The van der Waals surface area contributed by atoms with Crippen LogP contribution < -0.4 is 4.18 Å². The lowest BCUT2D eigenvalue weighted by Crippen LogP contribution is -2.31. The van der Waals surface area contributed by atoms with E-state index < -0.39 is 10.3 Å². The zero-order chi connectivity index (χ0) is 20.7. The number of allylic oxidation sites excluding steroid dienone is 2. The molecule has 3 aliphatic rings. The number of hydrogen-bond donors (Lipinski definition) is 0. The van der Waals surface area contributed by atoms with Gasteiger partial charge in [0.15, 0.2) is 5.78 Å². The zero-order valence-electron chi connectivity index (χ0n) is 16.9. The fourth-order valence-electron chi connectivity index (χ4n) is 4.70. The third-order valence-electron chi connectivity index (χ3n) is 6.33. The summed E-state index contributed by atoms with van der Waals surface area (Å²) < 4.78 is 31.5. The molecule has 0 radical (unpaired) electrons. The maximum absolute atomic E-state index is 13.2. The van der Waals surface area contributed by atoms with Gasteiger partial charge in [-0.3, -0.25) is 4.79 Å². The molecule has 0 atom stereocenters. The minimum Gasteiger partial charge on any atom is -0.371 e. The molecule has 0 aromatic heterocycles. The molecule has 30 heavy (non-hydrogen) atoms. The predicted octanol–water partition coefficient (Wildman–Crippen LogP) is 4.11. The lowest BCUT2D eigenvalue weighted by atomic mass is 9.84. The normalized spacial score (nSPS) is 19.2. The summed E-state index contributed by atoms with van der Waals surface area (Å²) in [7, 11) is -3.78. The second-order valence-corrected chi connectivity index (χ2v) is 9.85. The van der Waals surface area contributed by atoms with Crippen molar-refractivity contribution < 1.29 is 17.4 Å². The third kappa shape index (κ3) is 3.59. The van der Waals surface area contributed by atoms with Gasteiger partial charge < -0.3 is 4.18 Å². The van der Waals surface area contributed by atoms with Crippen LogP contribution in [0.2, 0.25) is 0 Å². The van der Waals surface area contributed by atoms with Crippen LogP contribution in [-0.2, 0) is 29.6 Å². The number of rotatable bonds is 4. The van der Waals surface area contributed by atoms with Crippen molar-refractivity contribution in [1.82, 2.24) is 4.31 Å². The van der Waals surface area contributed by atoms with E-state index in [0.717, 1.165) is 42.4 Å². The summed E-state index contributed by atoms with van der Waals surface area (Å²) in [5.74, 6) is 0.250. The van der Waals surface area contributed by atoms with Gasteiger partial charge in [-0.2, -0.15) is 12.7 Å². The van der Waals surface area contributed by atoms with Crippen molar-refractivity contribution in [3.05, 3.63) is 70.3 Å². The molecule has 0 bridgehead atoms. The van der Waals surface area contributed by atoms with Gasteiger partial charge in [-0.05, 0) is 85.4 Å². The van der Waals surface area contributed by atoms with Crippen LogP contribution in [0.3, 0.4) is 0 Å². The van der Waals surface area contributed by atoms with E-state index in [2.05, 4.69) is 18.2 Å². The fourth-order valence-corrected chi connectivity index (χ4v) is 5.86. The SMILES string of the molecule is O=C1C(c2ccc3c(c2)CCCC3)=CCc2cc(OS(=O)(=O)N3CCCC3)ccc21.